The largest absolute Gasteiger partial charge is 0.471 e. The fourth-order valence-corrected chi connectivity index (χ4v) is 1.49. The topological polar surface area (TPSA) is 72.2 Å². The standard InChI is InChI=1S/C7H5F3N2O2S/c8-7(9,10)6(14)12-3-1-2-15-4(3)5(11)13/h1-2H,(H2,11,13)(H,12,14). The minimum Gasteiger partial charge on any atom is -0.365 e. The summed E-state index contributed by atoms with van der Waals surface area (Å²) in [6.45, 7) is 0. The van der Waals surface area contributed by atoms with Crippen molar-refractivity contribution in [3.63, 3.8) is 0 Å². The minimum atomic E-state index is -4.99. The van der Waals surface area contributed by atoms with Crippen molar-refractivity contribution in [1.82, 2.24) is 0 Å². The Kier molecular flexibility index (Phi) is 2.98. The molecule has 1 aromatic heterocycles. The molecule has 4 nitrogen and oxygen atoms in total. The van der Waals surface area contributed by atoms with Crippen molar-refractivity contribution in [2.24, 2.45) is 5.73 Å². The second-order valence-electron chi connectivity index (χ2n) is 2.48. The van der Waals surface area contributed by atoms with Crippen LogP contribution in [0.5, 0.6) is 0 Å². The smallest absolute Gasteiger partial charge is 0.365 e. The zero-order valence-electron chi connectivity index (χ0n) is 7.09. The number of nitrogens with two attached hydrogens (primary N) is 1. The lowest BCUT2D eigenvalue weighted by Crippen LogP contribution is -2.30. The highest BCUT2D eigenvalue weighted by Gasteiger charge is 2.39. The van der Waals surface area contributed by atoms with Crippen LogP contribution in [0.3, 0.4) is 0 Å². The van der Waals surface area contributed by atoms with E-state index in [0.717, 1.165) is 11.3 Å². The fourth-order valence-electron chi connectivity index (χ4n) is 0.792. The number of amides is 2. The Morgan fingerprint density at radius 1 is 1.40 bits per heavy atom. The Bertz CT molecular complexity index is 399. The van der Waals surface area contributed by atoms with Gasteiger partial charge in [0.1, 0.15) is 4.88 Å². The molecule has 0 saturated heterocycles. The van der Waals surface area contributed by atoms with Crippen LogP contribution in [0.2, 0.25) is 0 Å². The number of halogens is 3. The lowest BCUT2D eigenvalue weighted by molar-refractivity contribution is -0.167. The van der Waals surface area contributed by atoms with Crippen molar-refractivity contribution in [2.75, 3.05) is 5.32 Å². The molecule has 3 N–H and O–H groups in total. The molecule has 0 spiro atoms. The summed E-state index contributed by atoms with van der Waals surface area (Å²) in [5.74, 6) is -3.02. The van der Waals surface area contributed by atoms with Gasteiger partial charge in [-0.25, -0.2) is 0 Å². The lowest BCUT2D eigenvalue weighted by atomic mass is 10.3. The molecule has 2 amide bonds. The van der Waals surface area contributed by atoms with Crippen molar-refractivity contribution in [1.29, 1.82) is 0 Å². The van der Waals surface area contributed by atoms with E-state index in [1.807, 2.05) is 0 Å². The molecule has 0 bridgehead atoms. The van der Waals surface area contributed by atoms with Crippen molar-refractivity contribution >= 4 is 28.8 Å². The van der Waals surface area contributed by atoms with Gasteiger partial charge in [0.05, 0.1) is 5.69 Å². The first-order valence-electron chi connectivity index (χ1n) is 3.58. The van der Waals surface area contributed by atoms with Crippen LogP contribution in [-0.4, -0.2) is 18.0 Å². The molecule has 82 valence electrons. The Hall–Kier alpha value is -1.57. The molecule has 0 unspecified atom stereocenters. The van der Waals surface area contributed by atoms with Gasteiger partial charge in [0.15, 0.2) is 0 Å². The van der Waals surface area contributed by atoms with Crippen LogP contribution in [0.15, 0.2) is 11.4 Å². The zero-order valence-corrected chi connectivity index (χ0v) is 7.91. The average molecular weight is 238 g/mol. The van der Waals surface area contributed by atoms with Crippen LogP contribution in [0.1, 0.15) is 9.67 Å². The Balaban J connectivity index is 2.86. The average Bonchev–Trinajstić information content (AvgIpc) is 2.50. The van der Waals surface area contributed by atoms with Crippen LogP contribution in [0.25, 0.3) is 0 Å². The first-order valence-corrected chi connectivity index (χ1v) is 4.46. The molecule has 0 aliphatic carbocycles. The van der Waals surface area contributed by atoms with E-state index in [0.29, 0.717) is 0 Å². The SMILES string of the molecule is NC(=O)c1sccc1NC(=O)C(F)(F)F. The van der Waals surface area contributed by atoms with Gasteiger partial charge in [-0.05, 0) is 11.4 Å². The van der Waals surface area contributed by atoms with Crippen LogP contribution >= 0.6 is 11.3 Å². The zero-order chi connectivity index (χ0) is 11.6. The number of nitrogens with one attached hydrogen (secondary N) is 1. The first-order chi connectivity index (χ1) is 6.82. The van der Waals surface area contributed by atoms with Crippen molar-refractivity contribution in [3.8, 4) is 0 Å². The number of carbonyl (C=O) groups is 2. The number of anilines is 1. The second kappa shape index (κ2) is 3.89. The Labute approximate surface area is 85.9 Å². The van der Waals surface area contributed by atoms with E-state index >= 15 is 0 Å². The first kappa shape index (κ1) is 11.5. The van der Waals surface area contributed by atoms with Crippen molar-refractivity contribution in [3.05, 3.63) is 16.3 Å². The number of rotatable bonds is 2. The summed E-state index contributed by atoms with van der Waals surface area (Å²) in [5, 5.41) is 2.91. The molecule has 1 rings (SSSR count). The number of alkyl halides is 3. The van der Waals surface area contributed by atoms with Gasteiger partial charge < -0.3 is 11.1 Å². The molecule has 0 atom stereocenters. The van der Waals surface area contributed by atoms with Gasteiger partial charge in [0.2, 0.25) is 0 Å². The molecular weight excluding hydrogens is 233 g/mol. The van der Waals surface area contributed by atoms with Gasteiger partial charge in [-0.2, -0.15) is 13.2 Å². The van der Waals surface area contributed by atoms with E-state index in [1.165, 1.54) is 11.4 Å². The van der Waals surface area contributed by atoms with Crippen molar-refractivity contribution < 1.29 is 22.8 Å². The number of thiophene rings is 1. The van der Waals surface area contributed by atoms with Gasteiger partial charge in [-0.3, -0.25) is 9.59 Å². The van der Waals surface area contributed by atoms with E-state index < -0.39 is 18.0 Å². The van der Waals surface area contributed by atoms with Gasteiger partial charge in [0.25, 0.3) is 5.91 Å². The molecule has 0 aliphatic heterocycles. The van der Waals surface area contributed by atoms with E-state index in [9.17, 15) is 22.8 Å². The summed E-state index contributed by atoms with van der Waals surface area (Å²) in [6, 6.07) is 1.18. The van der Waals surface area contributed by atoms with E-state index in [1.54, 1.807) is 5.32 Å². The van der Waals surface area contributed by atoms with Crippen LogP contribution in [-0.2, 0) is 4.79 Å². The van der Waals surface area contributed by atoms with Gasteiger partial charge in [-0.15, -0.1) is 11.3 Å². The molecule has 15 heavy (non-hydrogen) atoms. The van der Waals surface area contributed by atoms with Gasteiger partial charge in [-0.1, -0.05) is 0 Å². The van der Waals surface area contributed by atoms with E-state index in [2.05, 4.69) is 0 Å². The predicted octanol–water partition coefficient (Wildman–Crippen LogP) is 1.35. The summed E-state index contributed by atoms with van der Waals surface area (Å²) in [5.41, 5.74) is 4.66. The molecule has 0 aromatic carbocycles. The molecule has 0 radical (unpaired) electrons. The highest BCUT2D eigenvalue weighted by molar-refractivity contribution is 7.12. The predicted molar refractivity (Wildman–Crippen MR) is 47.5 cm³/mol. The number of hydrogen-bond donors (Lipinski definition) is 2. The maximum Gasteiger partial charge on any atom is 0.471 e. The highest BCUT2D eigenvalue weighted by atomic mass is 32.1. The van der Waals surface area contributed by atoms with Crippen LogP contribution in [0, 0.1) is 0 Å². The molecule has 0 aliphatic rings. The third-order valence-corrected chi connectivity index (χ3v) is 2.32. The molecule has 0 saturated carbocycles. The fraction of sp³-hybridized carbons (Fsp3) is 0.143. The highest BCUT2D eigenvalue weighted by Crippen LogP contribution is 2.24. The molecule has 1 heterocycles. The van der Waals surface area contributed by atoms with Crippen LogP contribution in [0.4, 0.5) is 18.9 Å². The van der Waals surface area contributed by atoms with Gasteiger partial charge >= 0.3 is 12.1 Å². The second-order valence-corrected chi connectivity index (χ2v) is 3.40. The van der Waals surface area contributed by atoms with Crippen molar-refractivity contribution in [2.45, 2.75) is 6.18 Å². The lowest BCUT2D eigenvalue weighted by Gasteiger charge is -2.06. The summed E-state index contributed by atoms with van der Waals surface area (Å²) < 4.78 is 35.5. The van der Waals surface area contributed by atoms with Crippen LogP contribution < -0.4 is 11.1 Å². The molecule has 1 aromatic rings. The maximum atomic E-state index is 11.8. The molecule has 0 fully saturated rings. The number of primary amides is 1. The minimum absolute atomic E-state index is 0.118. The number of carbonyl (C=O) groups excluding carboxylic acids is 2. The van der Waals surface area contributed by atoms with Gasteiger partial charge in [0, 0.05) is 0 Å². The van der Waals surface area contributed by atoms with E-state index in [4.69, 9.17) is 5.73 Å². The third kappa shape index (κ3) is 2.69. The van der Waals surface area contributed by atoms with E-state index in [-0.39, 0.29) is 10.6 Å². The third-order valence-electron chi connectivity index (χ3n) is 1.39. The maximum absolute atomic E-state index is 11.8. The molecule has 8 heteroatoms. The summed E-state index contributed by atoms with van der Waals surface area (Å²) in [6.07, 6.45) is -4.99. The molecular formula is C7H5F3N2O2S. The number of hydrogen-bond acceptors (Lipinski definition) is 3. The Morgan fingerprint density at radius 3 is 2.47 bits per heavy atom. The normalized spacial score (nSPS) is 11.1. The quantitative estimate of drug-likeness (QED) is 0.816. The summed E-state index contributed by atoms with van der Waals surface area (Å²) in [4.78, 5) is 21.1. The Morgan fingerprint density at radius 2 is 2.00 bits per heavy atom. The summed E-state index contributed by atoms with van der Waals surface area (Å²) >= 11 is 0.854. The summed E-state index contributed by atoms with van der Waals surface area (Å²) in [7, 11) is 0. The monoisotopic (exact) mass is 238 g/mol.